The first-order valence-electron chi connectivity index (χ1n) is 4.12. The number of rotatable bonds is 2. The molecule has 1 saturated carbocycles. The first-order valence-corrected chi connectivity index (χ1v) is 4.50. The van der Waals surface area contributed by atoms with E-state index < -0.39 is 5.82 Å². The fourth-order valence-electron chi connectivity index (χ4n) is 1.49. The molecule has 1 fully saturated rings. The summed E-state index contributed by atoms with van der Waals surface area (Å²) in [5.41, 5.74) is 0.874. The molecule has 0 unspecified atom stereocenters. The zero-order chi connectivity index (χ0) is 9.42. The Kier molecular flexibility index (Phi) is 2.08. The van der Waals surface area contributed by atoms with E-state index in [-0.39, 0.29) is 16.9 Å². The molecule has 1 nitrogen and oxygen atoms in total. The van der Waals surface area contributed by atoms with Gasteiger partial charge in [0.2, 0.25) is 0 Å². The molecule has 0 saturated heterocycles. The zero-order valence-electron chi connectivity index (χ0n) is 6.84. The van der Waals surface area contributed by atoms with Gasteiger partial charge >= 0.3 is 0 Å². The van der Waals surface area contributed by atoms with E-state index in [0.29, 0.717) is 0 Å². The third kappa shape index (κ3) is 1.59. The molecule has 0 aliphatic heterocycles. The summed E-state index contributed by atoms with van der Waals surface area (Å²) >= 11 is 5.53. The van der Waals surface area contributed by atoms with Gasteiger partial charge in [-0.2, -0.15) is 0 Å². The molecular formula is C10H8ClFO. The molecule has 3 heteroatoms. The van der Waals surface area contributed by atoms with Crippen molar-refractivity contribution in [2.45, 2.75) is 12.3 Å². The van der Waals surface area contributed by atoms with Crippen LogP contribution in [0.25, 0.3) is 0 Å². The van der Waals surface area contributed by atoms with E-state index in [1.54, 1.807) is 6.07 Å². The highest BCUT2D eigenvalue weighted by Crippen LogP contribution is 2.46. The van der Waals surface area contributed by atoms with Crippen molar-refractivity contribution in [1.29, 1.82) is 0 Å². The Morgan fingerprint density at radius 1 is 1.54 bits per heavy atom. The summed E-state index contributed by atoms with van der Waals surface area (Å²) in [6, 6.07) is 4.72. The van der Waals surface area contributed by atoms with E-state index in [1.165, 1.54) is 12.1 Å². The van der Waals surface area contributed by atoms with Crippen LogP contribution < -0.4 is 0 Å². The topological polar surface area (TPSA) is 17.1 Å². The highest BCUT2D eigenvalue weighted by atomic mass is 35.5. The van der Waals surface area contributed by atoms with E-state index in [4.69, 9.17) is 11.6 Å². The van der Waals surface area contributed by atoms with E-state index in [1.807, 2.05) is 0 Å². The lowest BCUT2D eigenvalue weighted by Crippen LogP contribution is -1.86. The average molecular weight is 199 g/mol. The van der Waals surface area contributed by atoms with Crippen LogP contribution in [-0.4, -0.2) is 6.29 Å². The first kappa shape index (κ1) is 8.70. The predicted molar refractivity (Wildman–Crippen MR) is 48.3 cm³/mol. The van der Waals surface area contributed by atoms with Gasteiger partial charge in [-0.05, 0) is 30.0 Å². The molecule has 68 valence electrons. The summed E-state index contributed by atoms with van der Waals surface area (Å²) < 4.78 is 13.0. The second kappa shape index (κ2) is 3.11. The largest absolute Gasteiger partial charge is 0.303 e. The summed E-state index contributed by atoms with van der Waals surface area (Å²) in [5.74, 6) is -0.111. The van der Waals surface area contributed by atoms with Gasteiger partial charge in [-0.3, -0.25) is 0 Å². The van der Waals surface area contributed by atoms with Crippen LogP contribution in [0.15, 0.2) is 18.2 Å². The minimum Gasteiger partial charge on any atom is -0.303 e. The lowest BCUT2D eigenvalue weighted by molar-refractivity contribution is -0.108. The molecule has 0 aromatic heterocycles. The fraction of sp³-hybridized carbons (Fsp3) is 0.300. The summed E-state index contributed by atoms with van der Waals surface area (Å²) in [7, 11) is 0. The fourth-order valence-corrected chi connectivity index (χ4v) is 1.61. The summed E-state index contributed by atoms with van der Waals surface area (Å²) in [5, 5.41) is 0.132. The van der Waals surface area contributed by atoms with E-state index in [0.717, 1.165) is 18.3 Å². The summed E-state index contributed by atoms with van der Waals surface area (Å²) in [4.78, 5) is 10.4. The SMILES string of the molecule is O=C[C@@H]1C[C@H]1c1ccc(Cl)c(F)c1. The minimum absolute atomic E-state index is 0.0839. The maximum atomic E-state index is 13.0. The van der Waals surface area contributed by atoms with Gasteiger partial charge < -0.3 is 4.79 Å². The maximum absolute atomic E-state index is 13.0. The lowest BCUT2D eigenvalue weighted by Gasteiger charge is -1.99. The second-order valence-corrected chi connectivity index (χ2v) is 3.72. The number of hydrogen-bond donors (Lipinski definition) is 0. The Morgan fingerprint density at radius 2 is 2.31 bits per heavy atom. The van der Waals surface area contributed by atoms with Gasteiger partial charge in [-0.15, -0.1) is 0 Å². The van der Waals surface area contributed by atoms with E-state index in [9.17, 15) is 9.18 Å². The molecule has 0 spiro atoms. The van der Waals surface area contributed by atoms with Crippen molar-refractivity contribution in [3.63, 3.8) is 0 Å². The minimum atomic E-state index is -0.407. The van der Waals surface area contributed by atoms with Crippen LogP contribution in [0, 0.1) is 11.7 Å². The molecule has 1 aromatic carbocycles. The van der Waals surface area contributed by atoms with Crippen LogP contribution in [0.2, 0.25) is 5.02 Å². The molecule has 1 aliphatic carbocycles. The molecule has 1 aliphatic rings. The molecule has 2 rings (SSSR count). The number of aldehydes is 1. The molecule has 0 radical (unpaired) electrons. The van der Waals surface area contributed by atoms with E-state index in [2.05, 4.69) is 0 Å². The number of benzene rings is 1. The van der Waals surface area contributed by atoms with Crippen LogP contribution in [-0.2, 0) is 4.79 Å². The highest BCUT2D eigenvalue weighted by Gasteiger charge is 2.38. The average Bonchev–Trinajstić information content (AvgIpc) is 2.88. The van der Waals surface area contributed by atoms with Crippen molar-refractivity contribution in [3.05, 3.63) is 34.6 Å². The molecule has 2 atom stereocenters. The van der Waals surface area contributed by atoms with Gasteiger partial charge in [0.15, 0.2) is 0 Å². The quantitative estimate of drug-likeness (QED) is 0.668. The van der Waals surface area contributed by atoms with Crippen LogP contribution in [0.5, 0.6) is 0 Å². The van der Waals surface area contributed by atoms with Crippen LogP contribution >= 0.6 is 11.6 Å². The maximum Gasteiger partial charge on any atom is 0.142 e. The number of carbonyl (C=O) groups excluding carboxylic acids is 1. The standard InChI is InChI=1S/C10H8ClFO/c11-9-2-1-6(4-10(9)12)8-3-7(8)5-13/h1-2,4-5,7-8H,3H2/t7-,8-/m0/s1. The smallest absolute Gasteiger partial charge is 0.142 e. The molecule has 0 heterocycles. The van der Waals surface area contributed by atoms with Gasteiger partial charge in [0, 0.05) is 5.92 Å². The molecule has 0 bridgehead atoms. The summed E-state index contributed by atoms with van der Waals surface area (Å²) in [6.07, 6.45) is 1.77. The van der Waals surface area contributed by atoms with Crippen LogP contribution in [0.1, 0.15) is 17.9 Å². The van der Waals surface area contributed by atoms with Crippen molar-refractivity contribution in [2.75, 3.05) is 0 Å². The van der Waals surface area contributed by atoms with Crippen LogP contribution in [0.4, 0.5) is 4.39 Å². The van der Waals surface area contributed by atoms with Gasteiger partial charge in [0.05, 0.1) is 5.02 Å². The van der Waals surface area contributed by atoms with Crippen molar-refractivity contribution in [3.8, 4) is 0 Å². The van der Waals surface area contributed by atoms with Crippen molar-refractivity contribution < 1.29 is 9.18 Å². The van der Waals surface area contributed by atoms with Gasteiger partial charge in [0.25, 0.3) is 0 Å². The Morgan fingerprint density at radius 3 is 2.85 bits per heavy atom. The number of hydrogen-bond acceptors (Lipinski definition) is 1. The lowest BCUT2D eigenvalue weighted by atomic mass is 10.1. The Hall–Kier alpha value is -0.890. The normalized spacial score (nSPS) is 25.7. The Bertz CT molecular complexity index is 351. The molecular weight excluding hydrogens is 191 g/mol. The van der Waals surface area contributed by atoms with Crippen molar-refractivity contribution in [1.82, 2.24) is 0 Å². The van der Waals surface area contributed by atoms with Crippen LogP contribution in [0.3, 0.4) is 0 Å². The highest BCUT2D eigenvalue weighted by molar-refractivity contribution is 6.30. The third-order valence-corrected chi connectivity index (χ3v) is 2.69. The van der Waals surface area contributed by atoms with Gasteiger partial charge in [-0.1, -0.05) is 17.7 Å². The predicted octanol–water partition coefficient (Wildman–Crippen LogP) is 2.78. The molecule has 13 heavy (non-hydrogen) atoms. The Balaban J connectivity index is 2.23. The number of halogens is 2. The van der Waals surface area contributed by atoms with Gasteiger partial charge in [0.1, 0.15) is 12.1 Å². The monoisotopic (exact) mass is 198 g/mol. The molecule has 1 aromatic rings. The molecule has 0 amide bonds. The van der Waals surface area contributed by atoms with E-state index >= 15 is 0 Å². The molecule has 0 N–H and O–H groups in total. The third-order valence-electron chi connectivity index (χ3n) is 2.39. The zero-order valence-corrected chi connectivity index (χ0v) is 7.59. The summed E-state index contributed by atoms with van der Waals surface area (Å²) in [6.45, 7) is 0. The number of carbonyl (C=O) groups is 1. The Labute approximate surface area is 80.5 Å². The van der Waals surface area contributed by atoms with Crippen molar-refractivity contribution in [2.24, 2.45) is 5.92 Å². The second-order valence-electron chi connectivity index (χ2n) is 3.32. The van der Waals surface area contributed by atoms with Crippen molar-refractivity contribution >= 4 is 17.9 Å². The van der Waals surface area contributed by atoms with Gasteiger partial charge in [-0.25, -0.2) is 4.39 Å². The first-order chi connectivity index (χ1) is 6.22.